The molecule has 22 nitrogen and oxygen atoms in total. The van der Waals surface area contributed by atoms with Gasteiger partial charge >= 0.3 is 12.2 Å². The molecule has 8 aromatic carbocycles. The van der Waals surface area contributed by atoms with E-state index in [2.05, 4.69) is 13.8 Å². The zero-order valence-electron chi connectivity index (χ0n) is 67.7. The summed E-state index contributed by atoms with van der Waals surface area (Å²) in [5.41, 5.74) is 5.58. The Balaban J connectivity index is 0.000000319. The average molecular weight is 1730 g/mol. The maximum absolute atomic E-state index is 12.8. The Morgan fingerprint density at radius 2 is 0.796 bits per heavy atom. The molecule has 0 radical (unpaired) electrons. The van der Waals surface area contributed by atoms with Crippen LogP contribution in [0.4, 0.5) is 9.59 Å². The molecule has 2 amide bonds. The number of hydrogen-bond acceptors (Lipinski definition) is 22. The van der Waals surface area contributed by atoms with Crippen molar-refractivity contribution >= 4 is 124 Å². The summed E-state index contributed by atoms with van der Waals surface area (Å²) in [5.74, 6) is 3.83. The zero-order valence-corrected chi connectivity index (χ0v) is 75.0. The van der Waals surface area contributed by atoms with E-state index in [1.54, 1.807) is 127 Å². The number of amides is 2. The lowest BCUT2D eigenvalue weighted by Gasteiger charge is -2.21. The molecular formula is C82H105ClN4O18S8. The largest absolute Gasteiger partial charge is 0.457 e. The highest BCUT2D eigenvalue weighted by atomic mass is 35.5. The first-order chi connectivity index (χ1) is 51.9. The number of aliphatic hydroxyl groups excluding tert-OH is 1. The second-order valence-corrected chi connectivity index (χ2v) is 39.0. The van der Waals surface area contributed by atoms with E-state index in [4.69, 9.17) is 38.7 Å². The summed E-state index contributed by atoms with van der Waals surface area (Å²) in [7, 11) is -15.9. The van der Waals surface area contributed by atoms with Crippen molar-refractivity contribution in [2.24, 2.45) is 28.0 Å². The SMILES string of the molecule is CSc1ccc(Oc2ccc(S(=O)(=O)NC(=O)OC(C)(C)C)cc2C(=O)C(C)C)cc1C.CSc1ccc(Oc2ccc(S(=O)(=O)NC(=O)OC(C)(C)C)cc2C(O)C(C)C)cc1C.CSc1ccc(Oc2ccc(S(N)(=O)=O)cc2C=C(C)C)cc1C.CSc1ccc(Oc2ccc(S(N)(=O)=O)cc2CC(C)C)cc1C.Cl. The first kappa shape index (κ1) is 97.6. The van der Waals surface area contributed by atoms with Gasteiger partial charge in [0.2, 0.25) is 20.0 Å². The molecule has 0 saturated carbocycles. The van der Waals surface area contributed by atoms with Crippen molar-refractivity contribution in [1.82, 2.24) is 9.44 Å². The van der Waals surface area contributed by atoms with Crippen LogP contribution in [0.1, 0.15) is 152 Å². The Kier molecular flexibility index (Phi) is 36.5. The van der Waals surface area contributed by atoms with Crippen LogP contribution in [0.15, 0.2) is 190 Å². The van der Waals surface area contributed by atoms with Gasteiger partial charge in [-0.15, -0.1) is 59.5 Å². The topological polar surface area (TPSA) is 339 Å². The predicted octanol–water partition coefficient (Wildman–Crippen LogP) is 20.3. The standard InChI is InChI=1S/C23H31NO6S2.C23H29NO6S2.C18H23NO3S2.C18H21NO3S2.ClH/c2*1-14(2)21(25)18-13-17(32(27,28)24-22(26)30-23(4,5)6)9-10-19(18)29-16-8-11-20(31-7)15(3)12-16;2*1-12(2)9-14-11-16(24(19,20)21)6-7-17(14)22-15-5-8-18(23-4)13(3)10-15;/h8-14,21,25H,1-7H3,(H,24,26);8-14H,1-7H3,(H,24,26);5-8,10-12H,9H2,1-4H3,(H2,19,20,21);5-11H,1-4H3,(H2,19,20,21);1H. The number of nitrogens with one attached hydrogen (secondary N) is 2. The van der Waals surface area contributed by atoms with Crippen molar-refractivity contribution in [1.29, 1.82) is 0 Å². The predicted molar refractivity (Wildman–Crippen MR) is 458 cm³/mol. The van der Waals surface area contributed by atoms with Gasteiger partial charge in [-0.25, -0.2) is 63.0 Å². The number of carbonyl (C=O) groups is 3. The van der Waals surface area contributed by atoms with Crippen molar-refractivity contribution in [2.75, 3.05) is 25.0 Å². The Morgan fingerprint density at radius 1 is 0.460 bits per heavy atom. The van der Waals surface area contributed by atoms with Crippen LogP contribution >= 0.6 is 59.5 Å². The lowest BCUT2D eigenvalue weighted by Crippen LogP contribution is -2.36. The third kappa shape index (κ3) is 30.8. The molecule has 1 atom stereocenters. The van der Waals surface area contributed by atoms with Gasteiger partial charge in [-0.1, -0.05) is 53.2 Å². The fourth-order valence-electron chi connectivity index (χ4n) is 10.4. The number of rotatable bonds is 25. The number of Topliss-reactive ketones (excluding diaryl/α,β-unsaturated/α-hetero) is 1. The van der Waals surface area contributed by atoms with Gasteiger partial charge in [-0.3, -0.25) is 4.79 Å². The molecule has 0 aromatic heterocycles. The van der Waals surface area contributed by atoms with Gasteiger partial charge in [-0.2, -0.15) is 0 Å². The van der Waals surface area contributed by atoms with Crippen molar-refractivity contribution in [3.63, 3.8) is 0 Å². The van der Waals surface area contributed by atoms with Crippen LogP contribution in [0, 0.1) is 45.4 Å². The molecule has 8 rings (SSSR count). The molecule has 8 aromatic rings. The molecule has 0 aliphatic heterocycles. The van der Waals surface area contributed by atoms with Crippen molar-refractivity contribution in [2.45, 2.75) is 188 Å². The van der Waals surface area contributed by atoms with Crippen LogP contribution in [0.2, 0.25) is 0 Å². The van der Waals surface area contributed by atoms with E-state index in [0.717, 1.165) is 48.9 Å². The first-order valence-corrected chi connectivity index (χ1v) is 46.1. The van der Waals surface area contributed by atoms with E-state index in [-0.39, 0.29) is 55.0 Å². The number of hydrogen-bond donors (Lipinski definition) is 5. The van der Waals surface area contributed by atoms with Crippen LogP contribution in [-0.4, -0.2) is 93.0 Å². The van der Waals surface area contributed by atoms with Crippen LogP contribution in [0.25, 0.3) is 6.08 Å². The summed E-state index contributed by atoms with van der Waals surface area (Å²) in [6.07, 6.45) is 7.46. The lowest BCUT2D eigenvalue weighted by atomic mass is 9.98. The van der Waals surface area contributed by atoms with Crippen LogP contribution < -0.4 is 38.7 Å². The van der Waals surface area contributed by atoms with Gasteiger partial charge < -0.3 is 33.5 Å². The fourth-order valence-corrected chi connectivity index (χ4v) is 15.7. The fraction of sp³-hybridized carbons (Fsp3) is 0.354. The minimum Gasteiger partial charge on any atom is -0.457 e. The van der Waals surface area contributed by atoms with Gasteiger partial charge in [0.05, 0.1) is 31.2 Å². The summed E-state index contributed by atoms with van der Waals surface area (Å²) >= 11 is 6.61. The van der Waals surface area contributed by atoms with Gasteiger partial charge in [0.25, 0.3) is 20.0 Å². The van der Waals surface area contributed by atoms with Gasteiger partial charge in [0.15, 0.2) is 5.78 Å². The molecule has 616 valence electrons. The number of halogens is 1. The molecule has 7 N–H and O–H groups in total. The van der Waals surface area contributed by atoms with Gasteiger partial charge in [0.1, 0.15) is 57.2 Å². The number of benzene rings is 8. The summed E-state index contributed by atoms with van der Waals surface area (Å²) in [4.78, 5) is 41.1. The maximum atomic E-state index is 12.8. The Labute approximate surface area is 691 Å². The number of ether oxygens (including phenoxy) is 6. The molecule has 0 aliphatic rings. The van der Waals surface area contributed by atoms with E-state index in [0.29, 0.717) is 58.0 Å². The quantitative estimate of drug-likeness (QED) is 0.0262. The third-order valence-corrected chi connectivity index (χ3v) is 23.7. The van der Waals surface area contributed by atoms with Crippen LogP contribution in [0.3, 0.4) is 0 Å². The number of aliphatic hydroxyl groups is 1. The Morgan fingerprint density at radius 3 is 1.14 bits per heavy atom. The second kappa shape index (κ2) is 42.2. The summed E-state index contributed by atoms with van der Waals surface area (Å²) < 4.78 is 135. The highest BCUT2D eigenvalue weighted by molar-refractivity contribution is 7.99. The van der Waals surface area contributed by atoms with E-state index in [9.17, 15) is 53.2 Å². The average Bonchev–Trinajstić information content (AvgIpc) is 0.800. The molecular weight excluding hydrogens is 1620 g/mol. The van der Waals surface area contributed by atoms with E-state index >= 15 is 0 Å². The number of thioether (sulfide) groups is 4. The molecule has 0 fully saturated rings. The normalized spacial score (nSPS) is 11.9. The Hall–Kier alpha value is -7.72. The molecule has 113 heavy (non-hydrogen) atoms. The minimum atomic E-state index is -4.25. The summed E-state index contributed by atoms with van der Waals surface area (Å²) in [6.45, 7) is 32.8. The van der Waals surface area contributed by atoms with Gasteiger partial charge in [-0.05, 0) is 300 Å². The number of ketones is 1. The molecule has 0 bridgehead atoms. The van der Waals surface area contributed by atoms with Gasteiger partial charge in [0, 0.05) is 36.6 Å². The van der Waals surface area contributed by atoms with Crippen molar-refractivity contribution in [3.8, 4) is 46.0 Å². The highest BCUT2D eigenvalue weighted by Gasteiger charge is 2.29. The minimum absolute atomic E-state index is 0. The molecule has 0 saturated heterocycles. The Bertz CT molecular complexity index is 5190. The highest BCUT2D eigenvalue weighted by Crippen LogP contribution is 2.39. The number of aryl methyl sites for hydroxylation is 4. The molecule has 0 spiro atoms. The third-order valence-electron chi connectivity index (χ3n) is 15.6. The molecule has 0 aliphatic carbocycles. The van der Waals surface area contributed by atoms with Crippen LogP contribution in [0.5, 0.6) is 46.0 Å². The number of carbonyl (C=O) groups excluding carboxylic acids is 3. The number of sulfonamides is 4. The monoisotopic (exact) mass is 1720 g/mol. The number of allylic oxidation sites excluding steroid dienone is 1. The van der Waals surface area contributed by atoms with E-state index < -0.39 is 75.5 Å². The summed E-state index contributed by atoms with van der Waals surface area (Å²) in [5, 5.41) is 21.2. The molecule has 0 heterocycles. The zero-order chi connectivity index (χ0) is 84.3. The smallest absolute Gasteiger partial charge is 0.421 e. The lowest BCUT2D eigenvalue weighted by molar-refractivity contribution is 0.0557. The van der Waals surface area contributed by atoms with Crippen LogP contribution in [-0.2, 0) is 56.0 Å². The van der Waals surface area contributed by atoms with E-state index in [1.807, 2.05) is 163 Å². The van der Waals surface area contributed by atoms with Crippen molar-refractivity contribution in [3.05, 3.63) is 196 Å². The number of primary sulfonamides is 2. The molecule has 1 unspecified atom stereocenters. The van der Waals surface area contributed by atoms with E-state index in [1.165, 1.54) is 64.4 Å². The number of nitrogens with two attached hydrogens (primary N) is 2. The summed E-state index contributed by atoms with van der Waals surface area (Å²) in [6, 6.07) is 40.4. The van der Waals surface area contributed by atoms with Crippen molar-refractivity contribution < 1.29 is 81.6 Å². The first-order valence-electron chi connectivity index (χ1n) is 35.2. The maximum Gasteiger partial charge on any atom is 0.421 e. The second-order valence-electron chi connectivity index (χ2n) is 29.1. The molecule has 31 heteroatoms.